The molecule has 1 N–H and O–H groups in total. The highest BCUT2D eigenvalue weighted by atomic mass is 16.6. The predicted molar refractivity (Wildman–Crippen MR) is 85.0 cm³/mol. The van der Waals surface area contributed by atoms with Crippen molar-refractivity contribution in [3.05, 3.63) is 35.9 Å². The van der Waals surface area contributed by atoms with Crippen LogP contribution >= 0.6 is 0 Å². The molecule has 0 radical (unpaired) electrons. The lowest BCUT2D eigenvalue weighted by molar-refractivity contribution is -0.148. The number of ether oxygens (including phenoxy) is 3. The van der Waals surface area contributed by atoms with Crippen LogP contribution in [0, 0.1) is 0 Å². The Bertz CT molecular complexity index is 511. The van der Waals surface area contributed by atoms with Gasteiger partial charge in [-0.05, 0) is 39.0 Å². The molecule has 0 aromatic heterocycles. The number of rotatable bonds is 5. The van der Waals surface area contributed by atoms with Crippen molar-refractivity contribution < 1.29 is 14.2 Å². The molecule has 1 aromatic rings. The molecule has 0 aliphatic carbocycles. The second-order valence-electron chi connectivity index (χ2n) is 5.69. The van der Waals surface area contributed by atoms with Crippen LogP contribution in [-0.2, 0) is 9.47 Å². The maximum Gasteiger partial charge on any atom is 0.132 e. The Balaban J connectivity index is 2.36. The SMILES string of the molecule is C/C=C/COC1C(OC)c2cc(NC)ccc2OC1(C)C. The first-order valence-corrected chi connectivity index (χ1v) is 7.29. The maximum atomic E-state index is 6.14. The first-order valence-electron chi connectivity index (χ1n) is 7.29. The highest BCUT2D eigenvalue weighted by molar-refractivity contribution is 5.53. The summed E-state index contributed by atoms with van der Waals surface area (Å²) in [6.07, 6.45) is 3.65. The van der Waals surface area contributed by atoms with Gasteiger partial charge >= 0.3 is 0 Å². The molecular weight excluding hydrogens is 266 g/mol. The van der Waals surface area contributed by atoms with Gasteiger partial charge in [-0.25, -0.2) is 0 Å². The van der Waals surface area contributed by atoms with Crippen molar-refractivity contribution >= 4 is 5.69 Å². The molecule has 0 bridgehead atoms. The van der Waals surface area contributed by atoms with E-state index in [2.05, 4.69) is 11.4 Å². The van der Waals surface area contributed by atoms with E-state index in [1.54, 1.807) is 7.11 Å². The van der Waals surface area contributed by atoms with E-state index < -0.39 is 5.60 Å². The van der Waals surface area contributed by atoms with E-state index in [9.17, 15) is 0 Å². The molecule has 2 rings (SSSR count). The first kappa shape index (κ1) is 15.9. The zero-order valence-corrected chi connectivity index (χ0v) is 13.5. The summed E-state index contributed by atoms with van der Waals surface area (Å²) < 4.78 is 17.9. The van der Waals surface area contributed by atoms with Crippen LogP contribution in [0.1, 0.15) is 32.4 Å². The van der Waals surface area contributed by atoms with Gasteiger partial charge in [-0.15, -0.1) is 0 Å². The lowest BCUT2D eigenvalue weighted by Gasteiger charge is -2.43. The highest BCUT2D eigenvalue weighted by Crippen LogP contribution is 2.43. The third-order valence-corrected chi connectivity index (χ3v) is 3.80. The normalized spacial score (nSPS) is 23.7. The van der Waals surface area contributed by atoms with Gasteiger partial charge in [0.2, 0.25) is 0 Å². The number of methoxy groups -OCH3 is 1. The Morgan fingerprint density at radius 2 is 2.14 bits per heavy atom. The Labute approximate surface area is 127 Å². The van der Waals surface area contributed by atoms with Gasteiger partial charge in [0, 0.05) is 25.4 Å². The van der Waals surface area contributed by atoms with Crippen LogP contribution in [0.5, 0.6) is 5.75 Å². The van der Waals surface area contributed by atoms with Crippen molar-refractivity contribution in [2.45, 2.75) is 38.6 Å². The second kappa shape index (κ2) is 6.50. The fraction of sp³-hybridized carbons (Fsp3) is 0.529. The molecule has 21 heavy (non-hydrogen) atoms. The zero-order chi connectivity index (χ0) is 15.5. The Morgan fingerprint density at radius 1 is 1.38 bits per heavy atom. The smallest absolute Gasteiger partial charge is 0.132 e. The van der Waals surface area contributed by atoms with E-state index in [0.717, 1.165) is 17.0 Å². The lowest BCUT2D eigenvalue weighted by Crippen LogP contribution is -2.50. The molecule has 0 spiro atoms. The zero-order valence-electron chi connectivity index (χ0n) is 13.5. The minimum absolute atomic E-state index is 0.151. The summed E-state index contributed by atoms with van der Waals surface area (Å²) in [5.41, 5.74) is 1.61. The van der Waals surface area contributed by atoms with Gasteiger partial charge in [-0.3, -0.25) is 0 Å². The van der Waals surface area contributed by atoms with E-state index >= 15 is 0 Å². The monoisotopic (exact) mass is 291 g/mol. The standard InChI is InChI=1S/C17H25NO3/c1-6-7-10-20-16-15(19-5)13-11-12(18-4)8-9-14(13)21-17(16,2)3/h6-9,11,15-16,18H,10H2,1-5H3/b7-6+. The second-order valence-corrected chi connectivity index (χ2v) is 5.69. The van der Waals surface area contributed by atoms with Crippen LogP contribution in [0.4, 0.5) is 5.69 Å². The van der Waals surface area contributed by atoms with Gasteiger partial charge in [0.1, 0.15) is 23.6 Å². The minimum Gasteiger partial charge on any atom is -0.485 e. The maximum absolute atomic E-state index is 6.14. The quantitative estimate of drug-likeness (QED) is 0.842. The number of nitrogens with one attached hydrogen (secondary N) is 1. The Morgan fingerprint density at radius 3 is 2.76 bits per heavy atom. The van der Waals surface area contributed by atoms with E-state index in [1.807, 2.05) is 52.1 Å². The van der Waals surface area contributed by atoms with Gasteiger partial charge < -0.3 is 19.5 Å². The number of fused-ring (bicyclic) bond motifs is 1. The molecule has 1 heterocycles. The Hall–Kier alpha value is -1.52. The first-order chi connectivity index (χ1) is 10.0. The van der Waals surface area contributed by atoms with Gasteiger partial charge in [-0.1, -0.05) is 12.2 Å². The molecule has 0 saturated carbocycles. The van der Waals surface area contributed by atoms with E-state index in [4.69, 9.17) is 14.2 Å². The fourth-order valence-electron chi connectivity index (χ4n) is 2.68. The molecule has 116 valence electrons. The van der Waals surface area contributed by atoms with Gasteiger partial charge in [0.05, 0.1) is 6.61 Å². The largest absolute Gasteiger partial charge is 0.485 e. The van der Waals surface area contributed by atoms with E-state index in [0.29, 0.717) is 6.61 Å². The van der Waals surface area contributed by atoms with Crippen LogP contribution in [-0.4, -0.2) is 32.5 Å². The van der Waals surface area contributed by atoms with E-state index in [-0.39, 0.29) is 12.2 Å². The third kappa shape index (κ3) is 3.22. The molecule has 4 heteroatoms. The number of benzene rings is 1. The molecule has 1 aromatic carbocycles. The van der Waals surface area contributed by atoms with Crippen molar-refractivity contribution in [1.29, 1.82) is 0 Å². The average molecular weight is 291 g/mol. The summed E-state index contributed by atoms with van der Waals surface area (Å²) in [4.78, 5) is 0. The van der Waals surface area contributed by atoms with Crippen LogP contribution in [0.15, 0.2) is 30.4 Å². The summed E-state index contributed by atoms with van der Waals surface area (Å²) in [5, 5.41) is 3.15. The van der Waals surface area contributed by atoms with Crippen molar-refractivity contribution in [3.8, 4) is 5.75 Å². The van der Waals surface area contributed by atoms with Crippen LogP contribution in [0.25, 0.3) is 0 Å². The van der Waals surface area contributed by atoms with Crippen molar-refractivity contribution in [2.24, 2.45) is 0 Å². The summed E-state index contributed by atoms with van der Waals surface area (Å²) in [6.45, 7) is 6.60. The number of hydrogen-bond acceptors (Lipinski definition) is 4. The summed E-state index contributed by atoms with van der Waals surface area (Å²) in [6, 6.07) is 6.05. The summed E-state index contributed by atoms with van der Waals surface area (Å²) >= 11 is 0. The van der Waals surface area contributed by atoms with E-state index in [1.165, 1.54) is 0 Å². The van der Waals surface area contributed by atoms with Crippen molar-refractivity contribution in [1.82, 2.24) is 0 Å². The van der Waals surface area contributed by atoms with Gasteiger partial charge in [-0.2, -0.15) is 0 Å². The third-order valence-electron chi connectivity index (χ3n) is 3.80. The number of allylic oxidation sites excluding steroid dienone is 1. The van der Waals surface area contributed by atoms with Gasteiger partial charge in [0.25, 0.3) is 0 Å². The fourth-order valence-corrected chi connectivity index (χ4v) is 2.68. The Kier molecular flexibility index (Phi) is 4.91. The molecule has 2 unspecified atom stereocenters. The van der Waals surface area contributed by atoms with Crippen LogP contribution < -0.4 is 10.1 Å². The van der Waals surface area contributed by atoms with Crippen LogP contribution in [0.3, 0.4) is 0 Å². The molecule has 0 saturated heterocycles. The summed E-state index contributed by atoms with van der Waals surface area (Å²) in [7, 11) is 3.62. The highest BCUT2D eigenvalue weighted by Gasteiger charge is 2.45. The minimum atomic E-state index is -0.448. The number of anilines is 1. The van der Waals surface area contributed by atoms with Crippen molar-refractivity contribution in [3.63, 3.8) is 0 Å². The predicted octanol–water partition coefficient (Wildman–Crippen LogP) is 3.55. The van der Waals surface area contributed by atoms with Crippen molar-refractivity contribution in [2.75, 3.05) is 26.1 Å². The molecular formula is C17H25NO3. The molecule has 1 aliphatic heterocycles. The molecule has 2 atom stereocenters. The summed E-state index contributed by atoms with van der Waals surface area (Å²) in [5.74, 6) is 0.858. The molecule has 0 fully saturated rings. The lowest BCUT2D eigenvalue weighted by atomic mass is 9.88. The average Bonchev–Trinajstić information content (AvgIpc) is 2.46. The topological polar surface area (TPSA) is 39.7 Å². The van der Waals surface area contributed by atoms with Gasteiger partial charge in [0.15, 0.2) is 0 Å². The molecule has 0 amide bonds. The van der Waals surface area contributed by atoms with Crippen LogP contribution in [0.2, 0.25) is 0 Å². The number of hydrogen-bond donors (Lipinski definition) is 1. The molecule has 4 nitrogen and oxygen atoms in total. The molecule has 1 aliphatic rings.